The Morgan fingerprint density at radius 2 is 2.00 bits per heavy atom. The van der Waals surface area contributed by atoms with E-state index in [0.29, 0.717) is 0 Å². The molecular weight excluding hydrogens is 222 g/mol. The highest BCUT2D eigenvalue weighted by atomic mass is 15.2. The molecule has 1 saturated carbocycles. The number of nitrogens with one attached hydrogen (secondary N) is 1. The monoisotopic (exact) mass is 249 g/mol. The van der Waals surface area contributed by atoms with Crippen LogP contribution in [0.2, 0.25) is 0 Å². The molecule has 0 radical (unpaired) electrons. The summed E-state index contributed by atoms with van der Waals surface area (Å²) in [5, 5.41) is 7.80. The molecule has 1 aromatic heterocycles. The predicted octanol–water partition coefficient (Wildman–Crippen LogP) is 2.77. The van der Waals surface area contributed by atoms with Crippen molar-refractivity contribution < 1.29 is 0 Å². The molecule has 1 aliphatic carbocycles. The van der Waals surface area contributed by atoms with Gasteiger partial charge < -0.3 is 5.32 Å². The number of nitrogens with zero attached hydrogens (tertiary/aromatic N) is 2. The fourth-order valence-electron chi connectivity index (χ4n) is 2.98. The number of aromatic nitrogens is 2. The van der Waals surface area contributed by atoms with Crippen LogP contribution in [0.15, 0.2) is 12.4 Å². The van der Waals surface area contributed by atoms with Gasteiger partial charge in [-0.3, -0.25) is 4.68 Å². The van der Waals surface area contributed by atoms with E-state index >= 15 is 0 Å². The van der Waals surface area contributed by atoms with Gasteiger partial charge in [0.1, 0.15) is 0 Å². The van der Waals surface area contributed by atoms with E-state index in [9.17, 15) is 0 Å². The molecular formula is C15H27N3. The summed E-state index contributed by atoms with van der Waals surface area (Å²) in [6.07, 6.45) is 12.3. The molecule has 1 N–H and O–H groups in total. The number of hydrogen-bond acceptors (Lipinski definition) is 2. The predicted molar refractivity (Wildman–Crippen MR) is 75.5 cm³/mol. The van der Waals surface area contributed by atoms with Crippen LogP contribution in [0.25, 0.3) is 0 Å². The molecule has 0 aromatic carbocycles. The molecule has 3 nitrogen and oxygen atoms in total. The summed E-state index contributed by atoms with van der Waals surface area (Å²) in [6, 6.07) is 0. The van der Waals surface area contributed by atoms with Crippen LogP contribution >= 0.6 is 0 Å². The lowest BCUT2D eigenvalue weighted by atomic mass is 9.81. The third-order valence-electron chi connectivity index (χ3n) is 4.33. The second kappa shape index (κ2) is 6.93. The van der Waals surface area contributed by atoms with Crippen molar-refractivity contribution in [1.82, 2.24) is 15.1 Å². The molecule has 1 aliphatic rings. The highest BCUT2D eigenvalue weighted by Crippen LogP contribution is 2.29. The van der Waals surface area contributed by atoms with Gasteiger partial charge in [-0.1, -0.05) is 26.2 Å². The molecule has 0 bridgehead atoms. The van der Waals surface area contributed by atoms with Crippen molar-refractivity contribution in [3.8, 4) is 0 Å². The van der Waals surface area contributed by atoms with Crippen LogP contribution < -0.4 is 5.32 Å². The minimum absolute atomic E-state index is 0.918. The molecule has 1 aromatic rings. The summed E-state index contributed by atoms with van der Waals surface area (Å²) in [4.78, 5) is 0. The van der Waals surface area contributed by atoms with Gasteiger partial charge in [-0.2, -0.15) is 5.10 Å². The van der Waals surface area contributed by atoms with Crippen molar-refractivity contribution in [2.24, 2.45) is 18.9 Å². The van der Waals surface area contributed by atoms with Gasteiger partial charge in [-0.25, -0.2) is 0 Å². The molecule has 0 spiro atoms. The maximum absolute atomic E-state index is 4.19. The van der Waals surface area contributed by atoms with Crippen LogP contribution in [0.5, 0.6) is 0 Å². The van der Waals surface area contributed by atoms with E-state index in [2.05, 4.69) is 23.5 Å². The Labute approximate surface area is 111 Å². The normalized spacial score (nSPS) is 24.3. The van der Waals surface area contributed by atoms with E-state index in [1.165, 1.54) is 44.2 Å². The van der Waals surface area contributed by atoms with Crippen LogP contribution in [-0.4, -0.2) is 22.9 Å². The third-order valence-corrected chi connectivity index (χ3v) is 4.33. The van der Waals surface area contributed by atoms with Crippen LogP contribution in [0.4, 0.5) is 0 Å². The summed E-state index contributed by atoms with van der Waals surface area (Å²) in [5.74, 6) is 1.93. The van der Waals surface area contributed by atoms with E-state index in [0.717, 1.165) is 24.8 Å². The molecule has 1 heterocycles. The summed E-state index contributed by atoms with van der Waals surface area (Å²) < 4.78 is 1.88. The van der Waals surface area contributed by atoms with Crippen molar-refractivity contribution in [3.63, 3.8) is 0 Å². The van der Waals surface area contributed by atoms with Gasteiger partial charge in [0.05, 0.1) is 6.20 Å². The Morgan fingerprint density at radius 1 is 1.28 bits per heavy atom. The van der Waals surface area contributed by atoms with E-state index in [1.807, 2.05) is 17.9 Å². The van der Waals surface area contributed by atoms with Crippen LogP contribution in [-0.2, 0) is 13.5 Å². The molecule has 0 atom stereocenters. The van der Waals surface area contributed by atoms with Crippen molar-refractivity contribution >= 4 is 0 Å². The first kappa shape index (κ1) is 13.6. The maximum atomic E-state index is 4.19. The highest BCUT2D eigenvalue weighted by molar-refractivity contribution is 5.03. The van der Waals surface area contributed by atoms with Crippen molar-refractivity contribution in [3.05, 3.63) is 18.0 Å². The standard InChI is InChI=1S/C15H27N3/c1-3-13-4-6-14(7-5-13)10-16-9-8-15-11-17-18(2)12-15/h11-14,16H,3-10H2,1-2H3. The summed E-state index contributed by atoms with van der Waals surface area (Å²) >= 11 is 0. The smallest absolute Gasteiger partial charge is 0.0522 e. The first-order valence-corrected chi connectivity index (χ1v) is 7.46. The lowest BCUT2D eigenvalue weighted by molar-refractivity contribution is 0.263. The SMILES string of the molecule is CCC1CCC(CNCCc2cnn(C)c2)CC1. The Hall–Kier alpha value is -0.830. The summed E-state index contributed by atoms with van der Waals surface area (Å²) in [6.45, 7) is 4.62. The number of rotatable bonds is 6. The Balaban J connectivity index is 1.56. The van der Waals surface area contributed by atoms with Crippen molar-refractivity contribution in [1.29, 1.82) is 0 Å². The fraction of sp³-hybridized carbons (Fsp3) is 0.800. The zero-order valence-corrected chi connectivity index (χ0v) is 11.9. The Kier molecular flexibility index (Phi) is 5.24. The Bertz CT molecular complexity index is 337. The minimum Gasteiger partial charge on any atom is -0.316 e. The van der Waals surface area contributed by atoms with Crippen molar-refractivity contribution in [2.75, 3.05) is 13.1 Å². The van der Waals surface area contributed by atoms with Crippen LogP contribution in [0, 0.1) is 11.8 Å². The maximum Gasteiger partial charge on any atom is 0.0522 e. The highest BCUT2D eigenvalue weighted by Gasteiger charge is 2.19. The number of aryl methyl sites for hydroxylation is 1. The van der Waals surface area contributed by atoms with Gasteiger partial charge >= 0.3 is 0 Å². The quantitative estimate of drug-likeness (QED) is 0.786. The third kappa shape index (κ3) is 4.13. The summed E-state index contributed by atoms with van der Waals surface area (Å²) in [5.41, 5.74) is 1.33. The van der Waals surface area contributed by atoms with Crippen LogP contribution in [0.1, 0.15) is 44.6 Å². The van der Waals surface area contributed by atoms with Gasteiger partial charge in [-0.15, -0.1) is 0 Å². The molecule has 0 unspecified atom stereocenters. The molecule has 0 amide bonds. The molecule has 2 rings (SSSR count). The lowest BCUT2D eigenvalue weighted by Gasteiger charge is -2.27. The molecule has 102 valence electrons. The second-order valence-corrected chi connectivity index (χ2v) is 5.77. The Morgan fingerprint density at radius 3 is 2.61 bits per heavy atom. The van der Waals surface area contributed by atoms with E-state index in [-0.39, 0.29) is 0 Å². The van der Waals surface area contributed by atoms with E-state index in [4.69, 9.17) is 0 Å². The van der Waals surface area contributed by atoms with Gasteiger partial charge in [0.25, 0.3) is 0 Å². The average molecular weight is 249 g/mol. The average Bonchev–Trinajstić information content (AvgIpc) is 2.81. The molecule has 0 saturated heterocycles. The molecule has 3 heteroatoms. The van der Waals surface area contributed by atoms with Crippen LogP contribution in [0.3, 0.4) is 0 Å². The van der Waals surface area contributed by atoms with Gasteiger partial charge in [-0.05, 0) is 49.8 Å². The van der Waals surface area contributed by atoms with E-state index < -0.39 is 0 Å². The van der Waals surface area contributed by atoms with E-state index in [1.54, 1.807) is 0 Å². The lowest BCUT2D eigenvalue weighted by Crippen LogP contribution is -2.27. The number of hydrogen-bond donors (Lipinski definition) is 1. The first-order valence-electron chi connectivity index (χ1n) is 7.46. The largest absolute Gasteiger partial charge is 0.316 e. The molecule has 18 heavy (non-hydrogen) atoms. The zero-order valence-electron chi connectivity index (χ0n) is 11.9. The first-order chi connectivity index (χ1) is 8.78. The van der Waals surface area contributed by atoms with Gasteiger partial charge in [0.2, 0.25) is 0 Å². The van der Waals surface area contributed by atoms with Gasteiger partial charge in [0.15, 0.2) is 0 Å². The topological polar surface area (TPSA) is 29.9 Å². The minimum atomic E-state index is 0.918. The summed E-state index contributed by atoms with van der Waals surface area (Å²) in [7, 11) is 1.98. The fourth-order valence-corrected chi connectivity index (χ4v) is 2.98. The molecule has 1 fully saturated rings. The van der Waals surface area contributed by atoms with Gasteiger partial charge in [0, 0.05) is 13.2 Å². The molecule has 0 aliphatic heterocycles. The van der Waals surface area contributed by atoms with Crippen molar-refractivity contribution in [2.45, 2.75) is 45.4 Å². The second-order valence-electron chi connectivity index (χ2n) is 5.77. The zero-order chi connectivity index (χ0) is 12.8.